The summed E-state index contributed by atoms with van der Waals surface area (Å²) in [5.74, 6) is 0.247. The zero-order valence-corrected chi connectivity index (χ0v) is 39.1. The van der Waals surface area contributed by atoms with Crippen molar-refractivity contribution in [3.63, 3.8) is 0 Å². The van der Waals surface area contributed by atoms with Gasteiger partial charge >= 0.3 is 13.8 Å². The number of imidazole rings is 1. The number of ether oxygens (including phenoxy) is 3. The van der Waals surface area contributed by atoms with Gasteiger partial charge in [0.05, 0.1) is 13.2 Å². The maximum Gasteiger partial charge on any atom is 0.477 e. The predicted octanol–water partition coefficient (Wildman–Crippen LogP) is 8.73. The molecule has 2 aliphatic heterocycles. The summed E-state index contributed by atoms with van der Waals surface area (Å²) in [5, 5.41) is 23.6. The standard InChI is InChI=1S/C49H47ClN7O11P/c1-3-4-24-42-51-46(50)43(48(58)65-32-66-69(61,62-2)68-41-31-64-44-40(67-57(59)60)30-63-45(41)44)55(42)29-33-25-27-34(28-26-33)38-22-14-15-23-39(38)47-52-53-54-56(47)49(35-16-8-5-9-17-35,36-18-10-6-11-19-36)37-20-12-7-13-21-37/h5-23,25-28,40-41,44-45H,3-4,24,29-32H2,1-2H3/t40-,41+,44-,45+,69?/m1/s1. The molecule has 4 heterocycles. The topological polar surface area (TPSA) is 203 Å². The Morgan fingerprint density at radius 2 is 1.42 bits per heavy atom. The summed E-state index contributed by atoms with van der Waals surface area (Å²) >= 11 is 6.65. The number of hydrogen-bond acceptors (Lipinski definition) is 15. The van der Waals surface area contributed by atoms with Gasteiger partial charge in [-0.15, -0.1) is 15.2 Å². The van der Waals surface area contributed by atoms with Crippen LogP contribution >= 0.6 is 19.4 Å². The molecule has 2 aliphatic rings. The number of benzene rings is 5. The lowest BCUT2D eigenvalue weighted by atomic mass is 9.77. The molecule has 2 aromatic heterocycles. The normalized spacial score (nSPS) is 18.7. The first-order chi connectivity index (χ1) is 33.6. The van der Waals surface area contributed by atoms with Crippen molar-refractivity contribution < 1.29 is 47.1 Å². The van der Waals surface area contributed by atoms with E-state index in [0.29, 0.717) is 18.1 Å². The maximum absolute atomic E-state index is 13.8. The van der Waals surface area contributed by atoms with Gasteiger partial charge in [-0.2, -0.15) is 0 Å². The molecule has 0 saturated carbocycles. The van der Waals surface area contributed by atoms with Crippen molar-refractivity contribution in [1.82, 2.24) is 29.8 Å². The summed E-state index contributed by atoms with van der Waals surface area (Å²) < 4.78 is 49.7. The Morgan fingerprint density at radius 1 is 0.841 bits per heavy atom. The van der Waals surface area contributed by atoms with Gasteiger partial charge in [-0.1, -0.05) is 164 Å². The third kappa shape index (κ3) is 9.70. The number of phosphoric ester groups is 1. The van der Waals surface area contributed by atoms with Gasteiger partial charge in [0.25, 0.3) is 5.09 Å². The first-order valence-electron chi connectivity index (χ1n) is 22.2. The number of aromatic nitrogens is 6. The summed E-state index contributed by atoms with van der Waals surface area (Å²) in [6.07, 6.45) is -1.46. The summed E-state index contributed by atoms with van der Waals surface area (Å²) in [4.78, 5) is 33.8. The first kappa shape index (κ1) is 47.4. The Balaban J connectivity index is 0.964. The molecule has 1 unspecified atom stereocenters. The number of nitrogens with zero attached hydrogens (tertiary/aromatic N) is 7. The Morgan fingerprint density at radius 3 is 2.01 bits per heavy atom. The number of unbranched alkanes of at least 4 members (excludes halogenated alkanes) is 1. The SMILES string of the molecule is CCCCc1nc(Cl)c(C(=O)OCOP(=O)(OC)O[C@H]2CO[C@H]3[C@H]2OC[C@H]3O[N+](=O)[O-])n1Cc1ccc(-c2ccccc2-c2nnnn2C(c2ccccc2)(c2ccccc2)c2ccccc2)cc1. The molecule has 5 aromatic carbocycles. The minimum Gasteiger partial charge on any atom is -0.433 e. The lowest BCUT2D eigenvalue weighted by molar-refractivity contribution is -0.769. The number of rotatable bonds is 20. The number of phosphoric acid groups is 1. The summed E-state index contributed by atoms with van der Waals surface area (Å²) in [7, 11) is -3.27. The van der Waals surface area contributed by atoms with E-state index in [1.165, 1.54) is 0 Å². The van der Waals surface area contributed by atoms with Crippen LogP contribution in [0.5, 0.6) is 0 Å². The van der Waals surface area contributed by atoms with Gasteiger partial charge in [0.15, 0.2) is 22.8 Å². The number of halogens is 1. The van der Waals surface area contributed by atoms with Crippen LogP contribution in [0.2, 0.25) is 5.15 Å². The number of hydrogen-bond donors (Lipinski definition) is 0. The lowest BCUT2D eigenvalue weighted by Crippen LogP contribution is -2.39. The molecule has 0 aliphatic carbocycles. The summed E-state index contributed by atoms with van der Waals surface area (Å²) in [6, 6.07) is 46.6. The van der Waals surface area contributed by atoms with Gasteiger partial charge < -0.3 is 23.6 Å². The average Bonchev–Trinajstić information content (AvgIpc) is 4.18. The largest absolute Gasteiger partial charge is 0.477 e. The maximum atomic E-state index is 13.8. The van der Waals surface area contributed by atoms with E-state index in [0.717, 1.165) is 58.9 Å². The number of tetrazole rings is 1. The molecule has 18 nitrogen and oxygen atoms in total. The van der Waals surface area contributed by atoms with Crippen LogP contribution in [0.15, 0.2) is 140 Å². The van der Waals surface area contributed by atoms with Crippen LogP contribution in [-0.2, 0) is 55.7 Å². The minimum atomic E-state index is -4.37. The van der Waals surface area contributed by atoms with Crippen molar-refractivity contribution in [2.75, 3.05) is 27.1 Å². The highest BCUT2D eigenvalue weighted by Gasteiger charge is 2.52. The fourth-order valence-electron chi connectivity index (χ4n) is 8.97. The summed E-state index contributed by atoms with van der Waals surface area (Å²) in [5.41, 5.74) is 5.40. The Kier molecular flexibility index (Phi) is 14.4. The highest BCUT2D eigenvalue weighted by Crippen LogP contribution is 2.52. The van der Waals surface area contributed by atoms with Gasteiger partial charge in [-0.25, -0.2) is 23.5 Å². The van der Waals surface area contributed by atoms with E-state index in [1.807, 2.05) is 115 Å². The number of carbonyl (C=O) groups is 1. The third-order valence-electron chi connectivity index (χ3n) is 12.2. The zero-order valence-electron chi connectivity index (χ0n) is 37.5. The van der Waals surface area contributed by atoms with E-state index in [1.54, 1.807) is 4.57 Å². The van der Waals surface area contributed by atoms with Crippen molar-refractivity contribution in [2.45, 2.75) is 62.7 Å². The van der Waals surface area contributed by atoms with Gasteiger partial charge in [0.1, 0.15) is 29.7 Å². The molecular weight excluding hydrogens is 929 g/mol. The first-order valence-corrected chi connectivity index (χ1v) is 24.1. The fraction of sp³-hybridized carbons (Fsp3) is 0.286. The van der Waals surface area contributed by atoms with Gasteiger partial charge in [-0.3, -0.25) is 9.05 Å². The van der Waals surface area contributed by atoms with Crippen LogP contribution in [0, 0.1) is 10.1 Å². The van der Waals surface area contributed by atoms with E-state index in [2.05, 4.69) is 51.4 Å². The molecule has 356 valence electrons. The second kappa shape index (κ2) is 20.9. The van der Waals surface area contributed by atoms with Gasteiger partial charge in [0.2, 0.25) is 6.79 Å². The van der Waals surface area contributed by atoms with Crippen LogP contribution in [0.1, 0.15) is 58.3 Å². The highest BCUT2D eigenvalue weighted by molar-refractivity contribution is 7.48. The van der Waals surface area contributed by atoms with Crippen LogP contribution in [0.3, 0.4) is 0 Å². The van der Waals surface area contributed by atoms with Gasteiger partial charge in [0, 0.05) is 25.6 Å². The van der Waals surface area contributed by atoms with Crippen LogP contribution in [-0.4, -0.2) is 92.3 Å². The molecule has 0 spiro atoms. The van der Waals surface area contributed by atoms with E-state index in [-0.39, 0.29) is 30.6 Å². The zero-order chi connectivity index (χ0) is 48.0. The van der Waals surface area contributed by atoms with Crippen molar-refractivity contribution in [3.8, 4) is 22.5 Å². The van der Waals surface area contributed by atoms with E-state index >= 15 is 0 Å². The second-order valence-corrected chi connectivity index (χ2v) is 18.3. The lowest BCUT2D eigenvalue weighted by Gasteiger charge is -2.36. The van der Waals surface area contributed by atoms with E-state index in [4.69, 9.17) is 49.7 Å². The number of carbonyl (C=O) groups excluding carboxylic acids is 1. The number of esters is 1. The minimum absolute atomic E-state index is 0.0252. The predicted molar refractivity (Wildman–Crippen MR) is 250 cm³/mol. The number of aryl methyl sites for hydroxylation is 1. The third-order valence-corrected chi connectivity index (χ3v) is 13.8. The Hall–Kier alpha value is -6.63. The molecule has 9 rings (SSSR count). The van der Waals surface area contributed by atoms with Crippen LogP contribution < -0.4 is 0 Å². The van der Waals surface area contributed by atoms with Gasteiger partial charge in [-0.05, 0) is 50.2 Å². The molecule has 5 atom stereocenters. The fourth-order valence-corrected chi connectivity index (χ4v) is 10.2. The highest BCUT2D eigenvalue weighted by atomic mass is 35.5. The average molecular weight is 976 g/mol. The molecule has 20 heteroatoms. The van der Waals surface area contributed by atoms with E-state index < -0.39 is 55.6 Å². The molecule has 0 amide bonds. The number of fused-ring (bicyclic) bond motifs is 1. The van der Waals surface area contributed by atoms with E-state index in [9.17, 15) is 19.5 Å². The molecule has 2 saturated heterocycles. The molecular formula is C49H47ClN7O11P. The smallest absolute Gasteiger partial charge is 0.433 e. The quantitative estimate of drug-likeness (QED) is 0.0175. The van der Waals surface area contributed by atoms with Crippen LogP contribution in [0.25, 0.3) is 22.5 Å². The Labute approximate surface area is 401 Å². The van der Waals surface area contributed by atoms with Crippen molar-refractivity contribution in [1.29, 1.82) is 0 Å². The molecule has 0 bridgehead atoms. The Bertz CT molecular complexity index is 2830. The van der Waals surface area contributed by atoms with Crippen LogP contribution in [0.4, 0.5) is 0 Å². The van der Waals surface area contributed by atoms with Crippen molar-refractivity contribution in [2.24, 2.45) is 0 Å². The monoisotopic (exact) mass is 975 g/mol. The molecule has 7 aromatic rings. The molecule has 0 radical (unpaired) electrons. The van der Waals surface area contributed by atoms with Crippen molar-refractivity contribution in [3.05, 3.63) is 189 Å². The molecule has 2 fully saturated rings. The van der Waals surface area contributed by atoms with Crippen molar-refractivity contribution >= 4 is 25.4 Å². The molecule has 0 N–H and O–H groups in total. The molecule has 69 heavy (non-hydrogen) atoms. The second-order valence-electron chi connectivity index (χ2n) is 16.2. The summed E-state index contributed by atoms with van der Waals surface area (Å²) in [6.45, 7) is 1.15.